The van der Waals surface area contributed by atoms with Gasteiger partial charge in [0.2, 0.25) is 10.0 Å². The second-order valence-electron chi connectivity index (χ2n) is 5.38. The van der Waals surface area contributed by atoms with Crippen molar-refractivity contribution in [3.63, 3.8) is 0 Å². The lowest BCUT2D eigenvalue weighted by atomic mass is 9.88. The van der Waals surface area contributed by atoms with Crippen molar-refractivity contribution in [2.24, 2.45) is 5.73 Å². The van der Waals surface area contributed by atoms with Gasteiger partial charge in [-0.15, -0.1) is 0 Å². The summed E-state index contributed by atoms with van der Waals surface area (Å²) in [6.07, 6.45) is 8.76. The van der Waals surface area contributed by atoms with Gasteiger partial charge in [0, 0.05) is 12.0 Å². The first kappa shape index (κ1) is 13.5. The highest BCUT2D eigenvalue weighted by atomic mass is 32.2. The average Bonchev–Trinajstić information content (AvgIpc) is 3.23. The third-order valence-corrected chi connectivity index (χ3v) is 5.75. The van der Waals surface area contributed by atoms with E-state index in [-0.39, 0.29) is 12.0 Å². The van der Waals surface area contributed by atoms with Crippen LogP contribution in [0.3, 0.4) is 0 Å². The molecule has 2 aliphatic carbocycles. The second-order valence-corrected chi connectivity index (χ2v) is 7.33. The highest BCUT2D eigenvalue weighted by Crippen LogP contribution is 2.36. The number of allylic oxidation sites excluding steroid dienone is 2. The predicted molar refractivity (Wildman–Crippen MR) is 79.5 cm³/mol. The van der Waals surface area contributed by atoms with Crippen molar-refractivity contribution in [3.05, 3.63) is 60.2 Å². The van der Waals surface area contributed by atoms with Gasteiger partial charge in [-0.1, -0.05) is 48.6 Å². The highest BCUT2D eigenvalue weighted by molar-refractivity contribution is 7.91. The molecule has 20 heavy (non-hydrogen) atoms. The largest absolute Gasteiger partial charge is 0.307 e. The van der Waals surface area contributed by atoms with Crippen molar-refractivity contribution < 1.29 is 8.42 Å². The number of hydrogen-bond donors (Lipinski definition) is 2. The van der Waals surface area contributed by atoms with E-state index in [4.69, 9.17) is 5.73 Å². The Balaban J connectivity index is 2.00. The van der Waals surface area contributed by atoms with E-state index in [1.165, 1.54) is 0 Å². The van der Waals surface area contributed by atoms with Crippen LogP contribution in [0.4, 0.5) is 0 Å². The molecule has 3 rings (SSSR count). The summed E-state index contributed by atoms with van der Waals surface area (Å²) in [5.74, 6) is -0.384. The smallest absolute Gasteiger partial charge is 0.235 e. The van der Waals surface area contributed by atoms with Gasteiger partial charge >= 0.3 is 0 Å². The topological polar surface area (TPSA) is 72.2 Å². The molecule has 2 unspecified atom stereocenters. The summed E-state index contributed by atoms with van der Waals surface area (Å²) in [6, 6.07) is 9.55. The van der Waals surface area contributed by atoms with Crippen molar-refractivity contribution in [2.45, 2.75) is 29.7 Å². The average molecular weight is 290 g/mol. The molecule has 0 amide bonds. The van der Waals surface area contributed by atoms with E-state index in [9.17, 15) is 8.42 Å². The molecule has 0 saturated heterocycles. The standard InChI is InChI=1S/C15H18N2O2S/c16-15(20(18,19)17-13-9-10-13)11-5-4-8-14(15)12-6-2-1-3-7-12/h1-8,11,13-14,17H,9-10,16H2. The number of nitrogens with one attached hydrogen (secondary N) is 1. The normalized spacial score (nSPS) is 29.6. The van der Waals surface area contributed by atoms with Crippen LogP contribution in [-0.2, 0) is 10.0 Å². The van der Waals surface area contributed by atoms with Crippen molar-refractivity contribution in [1.29, 1.82) is 0 Å². The fourth-order valence-corrected chi connectivity index (χ4v) is 4.13. The zero-order valence-electron chi connectivity index (χ0n) is 11.1. The van der Waals surface area contributed by atoms with Crippen LogP contribution in [0, 0.1) is 0 Å². The Hall–Kier alpha value is -1.43. The monoisotopic (exact) mass is 290 g/mol. The molecule has 0 aliphatic heterocycles. The minimum absolute atomic E-state index is 0.0520. The summed E-state index contributed by atoms with van der Waals surface area (Å²) in [6.45, 7) is 0. The van der Waals surface area contributed by atoms with Gasteiger partial charge in [0.25, 0.3) is 0 Å². The van der Waals surface area contributed by atoms with E-state index >= 15 is 0 Å². The Morgan fingerprint density at radius 3 is 2.50 bits per heavy atom. The Morgan fingerprint density at radius 1 is 1.15 bits per heavy atom. The van der Waals surface area contributed by atoms with Gasteiger partial charge in [0.1, 0.15) is 0 Å². The molecular formula is C15H18N2O2S. The molecule has 4 nitrogen and oxygen atoms in total. The van der Waals surface area contributed by atoms with Crippen LogP contribution in [0.25, 0.3) is 0 Å². The summed E-state index contributed by atoms with van der Waals surface area (Å²) in [5.41, 5.74) is 7.20. The summed E-state index contributed by atoms with van der Waals surface area (Å²) < 4.78 is 27.9. The van der Waals surface area contributed by atoms with Gasteiger partial charge < -0.3 is 5.73 Å². The molecule has 1 fully saturated rings. The van der Waals surface area contributed by atoms with Crippen LogP contribution in [0.15, 0.2) is 54.6 Å². The van der Waals surface area contributed by atoms with E-state index in [0.29, 0.717) is 0 Å². The first-order chi connectivity index (χ1) is 9.53. The number of hydrogen-bond acceptors (Lipinski definition) is 3. The second kappa shape index (κ2) is 4.84. The fraction of sp³-hybridized carbons (Fsp3) is 0.333. The molecule has 0 radical (unpaired) electrons. The number of benzene rings is 1. The molecule has 3 N–H and O–H groups in total. The lowest BCUT2D eigenvalue weighted by Crippen LogP contribution is -2.56. The number of nitrogens with two attached hydrogens (primary N) is 1. The third kappa shape index (κ3) is 2.32. The molecule has 1 aromatic rings. The van der Waals surface area contributed by atoms with Crippen LogP contribution >= 0.6 is 0 Å². The molecule has 1 aromatic carbocycles. The molecular weight excluding hydrogens is 272 g/mol. The maximum atomic E-state index is 12.6. The number of rotatable bonds is 4. The molecule has 1 saturated carbocycles. The van der Waals surface area contributed by atoms with Gasteiger partial charge in [-0.05, 0) is 24.5 Å². The number of sulfonamides is 1. The van der Waals surface area contributed by atoms with Gasteiger partial charge in [-0.3, -0.25) is 0 Å². The van der Waals surface area contributed by atoms with Crippen molar-refractivity contribution in [1.82, 2.24) is 4.72 Å². The van der Waals surface area contributed by atoms with E-state index < -0.39 is 14.9 Å². The SMILES string of the molecule is NC1(S(=O)(=O)NC2CC2)C=CC=CC1c1ccccc1. The molecule has 0 bridgehead atoms. The van der Waals surface area contributed by atoms with Crippen LogP contribution in [-0.4, -0.2) is 19.3 Å². The summed E-state index contributed by atoms with van der Waals surface area (Å²) in [4.78, 5) is -1.44. The lowest BCUT2D eigenvalue weighted by Gasteiger charge is -2.34. The summed E-state index contributed by atoms with van der Waals surface area (Å²) in [5, 5.41) is 0. The molecule has 2 atom stereocenters. The van der Waals surface area contributed by atoms with Crippen molar-refractivity contribution in [3.8, 4) is 0 Å². The first-order valence-electron chi connectivity index (χ1n) is 6.75. The quantitative estimate of drug-likeness (QED) is 0.885. The molecule has 106 valence electrons. The highest BCUT2D eigenvalue weighted by Gasteiger charge is 2.47. The maximum absolute atomic E-state index is 12.6. The van der Waals surface area contributed by atoms with E-state index in [2.05, 4.69) is 4.72 Å². The van der Waals surface area contributed by atoms with Gasteiger partial charge in [0.15, 0.2) is 4.87 Å². The van der Waals surface area contributed by atoms with Gasteiger partial charge in [0.05, 0.1) is 0 Å². The summed E-state index contributed by atoms with van der Waals surface area (Å²) >= 11 is 0. The minimum atomic E-state index is -3.63. The van der Waals surface area contributed by atoms with E-state index in [0.717, 1.165) is 18.4 Å². The van der Waals surface area contributed by atoms with E-state index in [1.54, 1.807) is 12.2 Å². The van der Waals surface area contributed by atoms with Crippen LogP contribution in [0.1, 0.15) is 24.3 Å². The van der Waals surface area contributed by atoms with Crippen LogP contribution in [0.2, 0.25) is 0 Å². The summed E-state index contributed by atoms with van der Waals surface area (Å²) in [7, 11) is -3.63. The zero-order chi connectivity index (χ0) is 14.2. The zero-order valence-corrected chi connectivity index (χ0v) is 11.9. The molecule has 0 heterocycles. The van der Waals surface area contributed by atoms with Crippen molar-refractivity contribution in [2.75, 3.05) is 0 Å². The Kier molecular flexibility index (Phi) is 3.28. The van der Waals surface area contributed by atoms with E-state index in [1.807, 2.05) is 42.5 Å². The van der Waals surface area contributed by atoms with Gasteiger partial charge in [-0.25, -0.2) is 13.1 Å². The Bertz CT molecular complexity index is 648. The van der Waals surface area contributed by atoms with Crippen molar-refractivity contribution >= 4 is 10.0 Å². The fourth-order valence-electron chi connectivity index (χ4n) is 2.45. The Morgan fingerprint density at radius 2 is 1.85 bits per heavy atom. The van der Waals surface area contributed by atoms with Crippen LogP contribution < -0.4 is 10.5 Å². The third-order valence-electron chi connectivity index (χ3n) is 3.78. The predicted octanol–water partition coefficient (Wildman–Crippen LogP) is 1.63. The Labute approximate surface area is 119 Å². The first-order valence-corrected chi connectivity index (χ1v) is 8.23. The van der Waals surface area contributed by atoms with Crippen LogP contribution in [0.5, 0.6) is 0 Å². The lowest BCUT2D eigenvalue weighted by molar-refractivity contribution is 0.520. The molecule has 2 aliphatic rings. The maximum Gasteiger partial charge on any atom is 0.235 e. The molecule has 5 heteroatoms. The molecule has 0 aromatic heterocycles. The van der Waals surface area contributed by atoms with Gasteiger partial charge in [-0.2, -0.15) is 0 Å². The minimum Gasteiger partial charge on any atom is -0.307 e. The molecule has 0 spiro atoms.